The lowest BCUT2D eigenvalue weighted by molar-refractivity contribution is -0.384. The predicted octanol–water partition coefficient (Wildman–Crippen LogP) is 2.50. The van der Waals surface area contributed by atoms with Gasteiger partial charge in [0.05, 0.1) is 11.3 Å². The minimum absolute atomic E-state index is 0.0823. The number of nitrogens with one attached hydrogen (secondary N) is 1. The van der Waals surface area contributed by atoms with E-state index in [1.54, 1.807) is 6.07 Å². The van der Waals surface area contributed by atoms with E-state index in [4.69, 9.17) is 5.73 Å². The minimum Gasteiger partial charge on any atom is -0.368 e. The van der Waals surface area contributed by atoms with Crippen molar-refractivity contribution >= 4 is 28.3 Å². The smallest absolute Gasteiger partial charge is 0.269 e. The quantitative estimate of drug-likeness (QED) is 0.486. The summed E-state index contributed by atoms with van der Waals surface area (Å²) in [4.78, 5) is 34.6. The van der Waals surface area contributed by atoms with Gasteiger partial charge >= 0.3 is 0 Å². The second-order valence-electron chi connectivity index (χ2n) is 6.47. The molecule has 0 unspecified atom stereocenters. The number of nitro groups is 1. The first kappa shape index (κ1) is 19.0. The number of carbonyl (C=O) groups excluding carboxylic acids is 2. The van der Waals surface area contributed by atoms with E-state index in [0.29, 0.717) is 5.56 Å². The molecule has 0 aliphatic heterocycles. The molecule has 2 amide bonds. The lowest BCUT2D eigenvalue weighted by atomic mass is 9.98. The van der Waals surface area contributed by atoms with Gasteiger partial charge in [0.1, 0.15) is 6.04 Å². The van der Waals surface area contributed by atoms with Crippen molar-refractivity contribution in [3.63, 3.8) is 0 Å². The number of nitrogens with zero attached hydrogens (tertiary/aromatic N) is 1. The number of nitrogens with two attached hydrogens (primary N) is 1. The van der Waals surface area contributed by atoms with Gasteiger partial charge in [-0.3, -0.25) is 19.7 Å². The zero-order valence-corrected chi connectivity index (χ0v) is 15.0. The largest absolute Gasteiger partial charge is 0.368 e. The van der Waals surface area contributed by atoms with Gasteiger partial charge in [0.2, 0.25) is 11.8 Å². The number of hydrogen-bond acceptors (Lipinski definition) is 4. The normalized spacial score (nSPS) is 11.7. The number of benzene rings is 3. The molecule has 0 saturated heterocycles. The molecule has 3 rings (SSSR count). The van der Waals surface area contributed by atoms with Gasteiger partial charge in [-0.1, -0.05) is 54.6 Å². The summed E-state index contributed by atoms with van der Waals surface area (Å²) in [5.41, 5.74) is 6.79. The van der Waals surface area contributed by atoms with Crippen LogP contribution in [-0.2, 0) is 22.4 Å². The summed E-state index contributed by atoms with van der Waals surface area (Å²) in [7, 11) is 0. The Morgan fingerprint density at radius 2 is 1.75 bits per heavy atom. The minimum atomic E-state index is -0.878. The van der Waals surface area contributed by atoms with Gasteiger partial charge in [-0.15, -0.1) is 0 Å². The number of fused-ring (bicyclic) bond motifs is 1. The first-order valence-electron chi connectivity index (χ1n) is 8.72. The molecule has 0 spiro atoms. The molecule has 142 valence electrons. The fourth-order valence-electron chi connectivity index (χ4n) is 3.12. The Bertz CT molecular complexity index is 1040. The molecule has 3 aromatic rings. The van der Waals surface area contributed by atoms with Crippen LogP contribution in [0.15, 0.2) is 66.7 Å². The van der Waals surface area contributed by atoms with Crippen molar-refractivity contribution in [1.29, 1.82) is 0 Å². The fourth-order valence-corrected chi connectivity index (χ4v) is 3.12. The Hall–Kier alpha value is -3.74. The summed E-state index contributed by atoms with van der Waals surface area (Å²) in [6.07, 6.45) is 0.179. The summed E-state index contributed by atoms with van der Waals surface area (Å²) < 4.78 is 0. The third-order valence-electron chi connectivity index (χ3n) is 4.47. The van der Waals surface area contributed by atoms with Crippen molar-refractivity contribution in [3.05, 3.63) is 88.0 Å². The summed E-state index contributed by atoms with van der Waals surface area (Å²) in [6.45, 7) is 0. The second-order valence-corrected chi connectivity index (χ2v) is 6.47. The maximum atomic E-state index is 12.4. The van der Waals surface area contributed by atoms with Crippen LogP contribution in [0.25, 0.3) is 10.8 Å². The van der Waals surface area contributed by atoms with Crippen LogP contribution >= 0.6 is 0 Å². The highest BCUT2D eigenvalue weighted by molar-refractivity contribution is 5.90. The van der Waals surface area contributed by atoms with E-state index in [1.165, 1.54) is 18.2 Å². The highest BCUT2D eigenvalue weighted by Crippen LogP contribution is 2.20. The van der Waals surface area contributed by atoms with E-state index in [2.05, 4.69) is 5.32 Å². The van der Waals surface area contributed by atoms with E-state index in [-0.39, 0.29) is 18.5 Å². The van der Waals surface area contributed by atoms with Crippen molar-refractivity contribution in [2.24, 2.45) is 5.73 Å². The van der Waals surface area contributed by atoms with Crippen LogP contribution < -0.4 is 11.1 Å². The van der Waals surface area contributed by atoms with Crippen LogP contribution in [0.4, 0.5) is 5.69 Å². The number of amides is 2. The molecule has 0 bridgehead atoms. The molecule has 0 saturated carbocycles. The van der Waals surface area contributed by atoms with Crippen LogP contribution in [0, 0.1) is 10.1 Å². The van der Waals surface area contributed by atoms with Gasteiger partial charge in [-0.2, -0.15) is 0 Å². The molecule has 3 N–H and O–H groups in total. The molecule has 7 heteroatoms. The van der Waals surface area contributed by atoms with E-state index in [9.17, 15) is 19.7 Å². The summed E-state index contributed by atoms with van der Waals surface area (Å²) in [5, 5.41) is 15.5. The SMILES string of the molecule is NC(=O)[C@H](Cc1cccc2ccccc12)NC(=O)Cc1cccc([N+](=O)[O-])c1. The number of carbonyl (C=O) groups is 2. The van der Waals surface area contributed by atoms with E-state index in [0.717, 1.165) is 16.3 Å². The highest BCUT2D eigenvalue weighted by atomic mass is 16.6. The maximum Gasteiger partial charge on any atom is 0.269 e. The zero-order chi connectivity index (χ0) is 20.1. The number of rotatable bonds is 7. The van der Waals surface area contributed by atoms with Gasteiger partial charge in [0, 0.05) is 18.6 Å². The Morgan fingerprint density at radius 3 is 2.50 bits per heavy atom. The van der Waals surface area contributed by atoms with Crippen molar-refractivity contribution in [2.75, 3.05) is 0 Å². The first-order chi connectivity index (χ1) is 13.4. The third kappa shape index (κ3) is 4.50. The van der Waals surface area contributed by atoms with Crippen molar-refractivity contribution < 1.29 is 14.5 Å². The van der Waals surface area contributed by atoms with Crippen LogP contribution in [0.2, 0.25) is 0 Å². The number of primary amides is 1. The molecule has 0 fully saturated rings. The average molecular weight is 377 g/mol. The van der Waals surface area contributed by atoms with Gasteiger partial charge in [0.15, 0.2) is 0 Å². The van der Waals surface area contributed by atoms with Gasteiger partial charge < -0.3 is 11.1 Å². The summed E-state index contributed by atoms with van der Waals surface area (Å²) in [5.74, 6) is -1.06. The molecule has 1 atom stereocenters. The van der Waals surface area contributed by atoms with Crippen molar-refractivity contribution in [1.82, 2.24) is 5.32 Å². The number of nitro benzene ring substituents is 1. The molecule has 7 nitrogen and oxygen atoms in total. The topological polar surface area (TPSA) is 115 Å². The Labute approximate surface area is 161 Å². The van der Waals surface area contributed by atoms with Crippen LogP contribution in [0.3, 0.4) is 0 Å². The Kier molecular flexibility index (Phi) is 5.64. The standard InChI is InChI=1S/C21H19N3O4/c22-21(26)19(13-16-8-4-7-15-6-1-2-10-18(15)16)23-20(25)12-14-5-3-9-17(11-14)24(27)28/h1-11,19H,12-13H2,(H2,22,26)(H,23,25)/t19-/m0/s1. The number of non-ortho nitro benzene ring substituents is 1. The average Bonchev–Trinajstić information content (AvgIpc) is 2.67. The molecule has 0 heterocycles. The maximum absolute atomic E-state index is 12.4. The Balaban J connectivity index is 1.74. The van der Waals surface area contributed by atoms with Gasteiger partial charge in [-0.25, -0.2) is 0 Å². The Morgan fingerprint density at radius 1 is 1.04 bits per heavy atom. The molecular weight excluding hydrogens is 358 g/mol. The zero-order valence-electron chi connectivity index (χ0n) is 15.0. The first-order valence-corrected chi connectivity index (χ1v) is 8.72. The summed E-state index contributed by atoms with van der Waals surface area (Å²) in [6, 6.07) is 18.5. The fraction of sp³-hybridized carbons (Fsp3) is 0.143. The lowest BCUT2D eigenvalue weighted by Gasteiger charge is -2.17. The third-order valence-corrected chi connectivity index (χ3v) is 4.47. The molecule has 0 aliphatic carbocycles. The van der Waals surface area contributed by atoms with Crippen LogP contribution in [-0.4, -0.2) is 22.8 Å². The second kappa shape index (κ2) is 8.30. The lowest BCUT2D eigenvalue weighted by Crippen LogP contribution is -2.46. The molecule has 0 radical (unpaired) electrons. The molecule has 3 aromatic carbocycles. The molecule has 0 aliphatic rings. The molecule has 28 heavy (non-hydrogen) atoms. The van der Waals surface area contributed by atoms with Gasteiger partial charge in [-0.05, 0) is 21.9 Å². The predicted molar refractivity (Wildman–Crippen MR) is 106 cm³/mol. The van der Waals surface area contributed by atoms with Crippen LogP contribution in [0.1, 0.15) is 11.1 Å². The molecular formula is C21H19N3O4. The molecule has 0 aromatic heterocycles. The highest BCUT2D eigenvalue weighted by Gasteiger charge is 2.20. The van der Waals surface area contributed by atoms with E-state index >= 15 is 0 Å². The number of hydrogen-bond donors (Lipinski definition) is 2. The van der Waals surface area contributed by atoms with E-state index in [1.807, 2.05) is 42.5 Å². The van der Waals surface area contributed by atoms with E-state index < -0.39 is 22.8 Å². The summed E-state index contributed by atoms with van der Waals surface area (Å²) >= 11 is 0. The van der Waals surface area contributed by atoms with Gasteiger partial charge in [0.25, 0.3) is 5.69 Å². The van der Waals surface area contributed by atoms with Crippen LogP contribution in [0.5, 0.6) is 0 Å². The van der Waals surface area contributed by atoms with Crippen molar-refractivity contribution in [3.8, 4) is 0 Å². The monoisotopic (exact) mass is 377 g/mol. The van der Waals surface area contributed by atoms with Crippen molar-refractivity contribution in [2.45, 2.75) is 18.9 Å².